The number of aryl methyl sites for hydroxylation is 1. The number of hydrogen-bond donors (Lipinski definition) is 2. The number of aliphatic hydroxyl groups is 1. The Balaban J connectivity index is 1.49. The molecule has 0 bridgehead atoms. The van der Waals surface area contributed by atoms with E-state index in [1.54, 1.807) is 0 Å². The molecule has 0 spiro atoms. The van der Waals surface area contributed by atoms with Crippen molar-refractivity contribution in [1.82, 2.24) is 15.1 Å². The average Bonchev–Trinajstić information content (AvgIpc) is 2.94. The van der Waals surface area contributed by atoms with Crippen LogP contribution >= 0.6 is 0 Å². The average molecular weight is 303 g/mol. The maximum absolute atomic E-state index is 12.4. The van der Waals surface area contributed by atoms with Gasteiger partial charge < -0.3 is 15.3 Å². The van der Waals surface area contributed by atoms with Gasteiger partial charge in [-0.1, -0.05) is 29.8 Å². The van der Waals surface area contributed by atoms with Gasteiger partial charge in [-0.3, -0.25) is 9.69 Å². The molecule has 0 aromatic heterocycles. The quantitative estimate of drug-likeness (QED) is 0.847. The standard InChI is InChI=1S/C17H25N3O2/c1-13-3-2-4-14(9-13)12-19-5-7-20(8-6-19)17(22)16-10-15(21)11-18-16/h2-4,9,15-16,18,21H,5-8,10-12H2,1H3. The highest BCUT2D eigenvalue weighted by Crippen LogP contribution is 2.14. The Morgan fingerprint density at radius 2 is 2.09 bits per heavy atom. The van der Waals surface area contributed by atoms with Crippen LogP contribution in [0.1, 0.15) is 17.5 Å². The number of β-amino-alcohol motifs (C(OH)–C–C–N with tert-alkyl or cyclic N) is 1. The maximum Gasteiger partial charge on any atom is 0.239 e. The fourth-order valence-electron chi connectivity index (χ4n) is 3.32. The highest BCUT2D eigenvalue weighted by Gasteiger charge is 2.32. The SMILES string of the molecule is Cc1cccc(CN2CCN(C(=O)C3CC(O)CN3)CC2)c1. The van der Waals surface area contributed by atoms with Crippen LogP contribution in [0.25, 0.3) is 0 Å². The van der Waals surface area contributed by atoms with Gasteiger partial charge >= 0.3 is 0 Å². The highest BCUT2D eigenvalue weighted by atomic mass is 16.3. The third kappa shape index (κ3) is 3.66. The van der Waals surface area contributed by atoms with Crippen LogP contribution in [0.5, 0.6) is 0 Å². The summed E-state index contributed by atoms with van der Waals surface area (Å²) in [6, 6.07) is 8.40. The first-order valence-electron chi connectivity index (χ1n) is 8.10. The lowest BCUT2D eigenvalue weighted by molar-refractivity contribution is -0.135. The van der Waals surface area contributed by atoms with Crippen LogP contribution in [-0.2, 0) is 11.3 Å². The zero-order valence-corrected chi connectivity index (χ0v) is 13.2. The zero-order chi connectivity index (χ0) is 15.5. The molecule has 0 radical (unpaired) electrons. The second-order valence-electron chi connectivity index (χ2n) is 6.44. The van der Waals surface area contributed by atoms with E-state index < -0.39 is 0 Å². The van der Waals surface area contributed by atoms with Crippen molar-refractivity contribution >= 4 is 5.91 Å². The molecule has 0 saturated carbocycles. The van der Waals surface area contributed by atoms with Crippen molar-refractivity contribution in [2.24, 2.45) is 0 Å². The monoisotopic (exact) mass is 303 g/mol. The zero-order valence-electron chi connectivity index (χ0n) is 13.2. The van der Waals surface area contributed by atoms with Gasteiger partial charge in [0.15, 0.2) is 0 Å². The van der Waals surface area contributed by atoms with Gasteiger partial charge in [-0.05, 0) is 18.9 Å². The number of benzene rings is 1. The predicted octanol–water partition coefficient (Wildman–Crippen LogP) is 0.362. The Kier molecular flexibility index (Phi) is 4.76. The molecule has 2 fully saturated rings. The largest absolute Gasteiger partial charge is 0.392 e. The Hall–Kier alpha value is -1.43. The summed E-state index contributed by atoms with van der Waals surface area (Å²) in [5, 5.41) is 12.6. The number of aliphatic hydroxyl groups excluding tert-OH is 1. The van der Waals surface area contributed by atoms with Gasteiger partial charge in [0.25, 0.3) is 0 Å². The van der Waals surface area contributed by atoms with Crippen LogP contribution in [0.3, 0.4) is 0 Å². The minimum absolute atomic E-state index is 0.145. The van der Waals surface area contributed by atoms with Crippen LogP contribution in [0.4, 0.5) is 0 Å². The van der Waals surface area contributed by atoms with E-state index in [0.717, 1.165) is 32.7 Å². The Labute approximate surface area is 131 Å². The van der Waals surface area contributed by atoms with Crippen molar-refractivity contribution in [3.8, 4) is 0 Å². The minimum Gasteiger partial charge on any atom is -0.392 e. The first kappa shape index (κ1) is 15.5. The van der Waals surface area contributed by atoms with Crippen molar-refractivity contribution in [3.63, 3.8) is 0 Å². The molecular weight excluding hydrogens is 278 g/mol. The molecule has 3 rings (SSSR count). The van der Waals surface area contributed by atoms with E-state index in [1.807, 2.05) is 4.90 Å². The molecule has 2 unspecified atom stereocenters. The molecule has 5 nitrogen and oxygen atoms in total. The summed E-state index contributed by atoms with van der Waals surface area (Å²) in [7, 11) is 0. The van der Waals surface area contributed by atoms with E-state index in [-0.39, 0.29) is 18.1 Å². The second-order valence-corrected chi connectivity index (χ2v) is 6.44. The number of carbonyl (C=O) groups is 1. The summed E-state index contributed by atoms with van der Waals surface area (Å²) in [5.74, 6) is 0.145. The number of nitrogens with zero attached hydrogens (tertiary/aromatic N) is 2. The maximum atomic E-state index is 12.4. The van der Waals surface area contributed by atoms with Gasteiger partial charge in [-0.15, -0.1) is 0 Å². The molecule has 2 heterocycles. The molecule has 1 aromatic rings. The van der Waals surface area contributed by atoms with Crippen LogP contribution in [-0.4, -0.2) is 65.7 Å². The van der Waals surface area contributed by atoms with Gasteiger partial charge in [0.05, 0.1) is 12.1 Å². The number of piperazine rings is 1. The van der Waals surface area contributed by atoms with Gasteiger partial charge in [0.2, 0.25) is 5.91 Å². The topological polar surface area (TPSA) is 55.8 Å². The Bertz CT molecular complexity index is 526. The third-order valence-corrected chi connectivity index (χ3v) is 4.58. The highest BCUT2D eigenvalue weighted by molar-refractivity contribution is 5.82. The van der Waals surface area contributed by atoms with Crippen LogP contribution < -0.4 is 5.32 Å². The summed E-state index contributed by atoms with van der Waals surface area (Å²) < 4.78 is 0. The van der Waals surface area contributed by atoms with Crippen molar-refractivity contribution in [1.29, 1.82) is 0 Å². The summed E-state index contributed by atoms with van der Waals surface area (Å²) in [4.78, 5) is 16.7. The van der Waals surface area contributed by atoms with Gasteiger partial charge in [-0.25, -0.2) is 0 Å². The molecule has 0 aliphatic carbocycles. The smallest absolute Gasteiger partial charge is 0.239 e. The second kappa shape index (κ2) is 6.77. The van der Waals surface area contributed by atoms with E-state index in [1.165, 1.54) is 11.1 Å². The van der Waals surface area contributed by atoms with E-state index >= 15 is 0 Å². The van der Waals surface area contributed by atoms with Crippen molar-refractivity contribution in [3.05, 3.63) is 35.4 Å². The molecule has 2 aliphatic rings. The first-order chi connectivity index (χ1) is 10.6. The predicted molar refractivity (Wildman–Crippen MR) is 85.5 cm³/mol. The Morgan fingerprint density at radius 3 is 2.73 bits per heavy atom. The Morgan fingerprint density at radius 1 is 1.32 bits per heavy atom. The van der Waals surface area contributed by atoms with Crippen LogP contribution in [0, 0.1) is 6.92 Å². The fraction of sp³-hybridized carbons (Fsp3) is 0.588. The van der Waals surface area contributed by atoms with E-state index in [2.05, 4.69) is 41.4 Å². The number of hydrogen-bond acceptors (Lipinski definition) is 4. The van der Waals surface area contributed by atoms with Crippen molar-refractivity contribution in [2.45, 2.75) is 32.0 Å². The van der Waals surface area contributed by atoms with Crippen molar-refractivity contribution in [2.75, 3.05) is 32.7 Å². The van der Waals surface area contributed by atoms with Gasteiger partial charge in [0.1, 0.15) is 0 Å². The van der Waals surface area contributed by atoms with E-state index in [9.17, 15) is 9.90 Å². The van der Waals surface area contributed by atoms with Crippen molar-refractivity contribution < 1.29 is 9.90 Å². The molecule has 2 aliphatic heterocycles. The molecular formula is C17H25N3O2. The molecule has 120 valence electrons. The molecule has 2 saturated heterocycles. The van der Waals surface area contributed by atoms with Gasteiger partial charge in [-0.2, -0.15) is 0 Å². The first-order valence-corrected chi connectivity index (χ1v) is 8.10. The lowest BCUT2D eigenvalue weighted by Gasteiger charge is -2.36. The summed E-state index contributed by atoms with van der Waals surface area (Å²) in [6.45, 7) is 6.97. The van der Waals surface area contributed by atoms with E-state index in [0.29, 0.717) is 13.0 Å². The summed E-state index contributed by atoms with van der Waals surface area (Å²) in [5.41, 5.74) is 2.62. The normalized spacial score (nSPS) is 26.4. The van der Waals surface area contributed by atoms with E-state index in [4.69, 9.17) is 0 Å². The number of amides is 1. The molecule has 5 heteroatoms. The minimum atomic E-state index is -0.378. The lowest BCUT2D eigenvalue weighted by atomic mass is 10.1. The number of rotatable bonds is 3. The fourth-order valence-corrected chi connectivity index (χ4v) is 3.32. The lowest BCUT2D eigenvalue weighted by Crippen LogP contribution is -2.52. The van der Waals surface area contributed by atoms with Crippen LogP contribution in [0.2, 0.25) is 0 Å². The molecule has 22 heavy (non-hydrogen) atoms. The molecule has 2 atom stereocenters. The summed E-state index contributed by atoms with van der Waals surface area (Å²) in [6.07, 6.45) is 0.166. The summed E-state index contributed by atoms with van der Waals surface area (Å²) >= 11 is 0. The van der Waals surface area contributed by atoms with Gasteiger partial charge in [0, 0.05) is 39.3 Å². The third-order valence-electron chi connectivity index (χ3n) is 4.58. The molecule has 1 amide bonds. The number of carbonyl (C=O) groups excluding carboxylic acids is 1. The number of nitrogens with one attached hydrogen (secondary N) is 1. The molecule has 1 aromatic carbocycles. The molecule has 2 N–H and O–H groups in total. The van der Waals surface area contributed by atoms with Crippen LogP contribution in [0.15, 0.2) is 24.3 Å².